The van der Waals surface area contributed by atoms with Crippen LogP contribution in [0.4, 0.5) is 0 Å². The summed E-state index contributed by atoms with van der Waals surface area (Å²) in [4.78, 5) is 151. The number of amides is 4. The van der Waals surface area contributed by atoms with Gasteiger partial charge in [0, 0.05) is 26.2 Å². The highest BCUT2D eigenvalue weighted by molar-refractivity contribution is 5.91. The van der Waals surface area contributed by atoms with Gasteiger partial charge in [0.05, 0.1) is 24.2 Å². The molecule has 0 bridgehead atoms. The van der Waals surface area contributed by atoms with Gasteiger partial charge in [0.2, 0.25) is 23.6 Å². The van der Waals surface area contributed by atoms with Crippen LogP contribution in [0.1, 0.15) is 176 Å². The van der Waals surface area contributed by atoms with Crippen molar-refractivity contribution in [1.29, 1.82) is 0 Å². The number of nitrogens with one attached hydrogen (secondary N) is 4. The fourth-order valence-electron chi connectivity index (χ4n) is 14.9. The van der Waals surface area contributed by atoms with E-state index in [2.05, 4.69) is 21.3 Å². The first kappa shape index (κ1) is 96.8. The maximum atomic E-state index is 13.1. The summed E-state index contributed by atoms with van der Waals surface area (Å²) < 4.78 is 0. The number of likely N-dealkylation sites (tertiary alicyclic amines) is 4. The van der Waals surface area contributed by atoms with Gasteiger partial charge in [-0.15, -0.1) is 0 Å². The van der Waals surface area contributed by atoms with E-state index < -0.39 is 120 Å². The number of carboxylic acids is 8. The number of aliphatic carboxylic acids is 8. The summed E-state index contributed by atoms with van der Waals surface area (Å²) in [7, 11) is 0. The molecule has 12 atom stereocenters. The van der Waals surface area contributed by atoms with Crippen LogP contribution in [-0.2, 0) is 83.2 Å². The summed E-state index contributed by atoms with van der Waals surface area (Å²) in [6, 6.07) is 28.4. The van der Waals surface area contributed by atoms with Gasteiger partial charge in [-0.1, -0.05) is 147 Å². The molecule has 0 unspecified atom stereocenters. The Hall–Kier alpha value is -9.80. The minimum atomic E-state index is -1.02. The van der Waals surface area contributed by atoms with Crippen LogP contribution in [0.2, 0.25) is 0 Å². The highest BCUT2D eigenvalue weighted by Gasteiger charge is 2.43. The largest absolute Gasteiger partial charge is 0.480 e. The molecule has 32 heteroatoms. The molecule has 8 rings (SSSR count). The van der Waals surface area contributed by atoms with Crippen molar-refractivity contribution in [1.82, 2.24) is 40.9 Å². The summed E-state index contributed by atoms with van der Waals surface area (Å²) in [5.74, 6) is -9.49. The normalized spacial score (nSPS) is 18.4. The predicted molar refractivity (Wildman–Crippen MR) is 434 cm³/mol. The average Bonchev–Trinajstić information content (AvgIpc) is 1.69. The number of nitrogens with zero attached hydrogens (tertiary/aromatic N) is 4. The van der Waals surface area contributed by atoms with Crippen molar-refractivity contribution in [2.45, 2.75) is 252 Å². The molecule has 4 amide bonds. The maximum absolute atomic E-state index is 13.1. The van der Waals surface area contributed by atoms with Crippen molar-refractivity contribution in [3.8, 4) is 0 Å². The molecule has 20 N–H and O–H groups in total. The first-order chi connectivity index (χ1) is 55.7. The van der Waals surface area contributed by atoms with Crippen LogP contribution < -0.4 is 44.2 Å². The SMILES string of the molecule is NCCCC[C@H](N[C@@H](CCc1ccccc1)C(=O)O)C(=O)N1CCC[C@H]1C(=O)O.NCCCC[C@H](N[C@@H](CCc1ccccc1)C(=O)O)C(=O)N1CCC[C@H]1C(=O)O.NCCCC[C@H](N[C@@H](CCc1ccccc1)C(=O)O)C(=O)N1CCC[C@H]1C(=O)O.NCCCC[C@H](N[C@@H](CCc1ccccc1)C(=O)O)C(=O)N1CCC[C@H]1C(=O)O. The van der Waals surface area contributed by atoms with Crippen LogP contribution in [-0.4, -0.2) is 257 Å². The van der Waals surface area contributed by atoms with E-state index in [0.717, 1.165) is 47.9 Å². The molecule has 4 aliphatic rings. The Morgan fingerprint density at radius 1 is 0.276 bits per heavy atom. The van der Waals surface area contributed by atoms with Gasteiger partial charge in [-0.05, 0) is 203 Å². The molecule has 4 heterocycles. The van der Waals surface area contributed by atoms with Gasteiger partial charge in [0.1, 0.15) is 48.3 Å². The van der Waals surface area contributed by atoms with E-state index in [1.165, 1.54) is 19.6 Å². The van der Waals surface area contributed by atoms with E-state index in [-0.39, 0.29) is 23.6 Å². The highest BCUT2D eigenvalue weighted by Crippen LogP contribution is 2.26. The van der Waals surface area contributed by atoms with Gasteiger partial charge in [-0.25, -0.2) is 19.2 Å². The third-order valence-corrected chi connectivity index (χ3v) is 21.3. The van der Waals surface area contributed by atoms with Gasteiger partial charge in [-0.3, -0.25) is 59.6 Å². The number of unbranched alkanes of at least 4 members (excludes halogenated alkanes) is 4. The third-order valence-electron chi connectivity index (χ3n) is 21.3. The lowest BCUT2D eigenvalue weighted by Gasteiger charge is -2.29. The van der Waals surface area contributed by atoms with Gasteiger partial charge >= 0.3 is 47.8 Å². The molecule has 4 aromatic rings. The molecular formula is C84H124N12O20. The van der Waals surface area contributed by atoms with Crippen molar-refractivity contribution >= 4 is 71.4 Å². The second kappa shape index (κ2) is 53.4. The lowest BCUT2D eigenvalue weighted by atomic mass is 10.0. The van der Waals surface area contributed by atoms with Crippen LogP contribution >= 0.6 is 0 Å². The second-order valence-corrected chi connectivity index (χ2v) is 29.8. The topological polar surface area (TPSA) is 532 Å². The lowest BCUT2D eigenvalue weighted by Crippen LogP contribution is -2.54. The average molecular weight is 1620 g/mol. The summed E-state index contributed by atoms with van der Waals surface area (Å²) in [6.45, 7) is 3.47. The van der Waals surface area contributed by atoms with Gasteiger partial charge in [0.15, 0.2) is 0 Å². The monoisotopic (exact) mass is 1620 g/mol. The molecule has 4 aromatic carbocycles. The first-order valence-corrected chi connectivity index (χ1v) is 40.8. The number of nitrogens with two attached hydrogens (primary N) is 4. The molecular weight excluding hydrogens is 1500 g/mol. The van der Waals surface area contributed by atoms with Crippen LogP contribution in [0.25, 0.3) is 0 Å². The number of hydrogen-bond donors (Lipinski definition) is 16. The number of carbonyl (C=O) groups is 12. The molecule has 0 saturated carbocycles. The zero-order valence-electron chi connectivity index (χ0n) is 66.5. The van der Waals surface area contributed by atoms with Crippen molar-refractivity contribution in [3.63, 3.8) is 0 Å². The maximum Gasteiger partial charge on any atom is 0.326 e. The van der Waals surface area contributed by atoms with E-state index in [1.54, 1.807) is 0 Å². The summed E-state index contributed by atoms with van der Waals surface area (Å²) in [6.07, 6.45) is 15.1. The van der Waals surface area contributed by atoms with E-state index >= 15 is 0 Å². The molecule has 4 saturated heterocycles. The van der Waals surface area contributed by atoms with E-state index in [1.807, 2.05) is 121 Å². The Balaban J connectivity index is 0.000000276. The van der Waals surface area contributed by atoms with Crippen LogP contribution in [0, 0.1) is 0 Å². The van der Waals surface area contributed by atoms with Crippen molar-refractivity contribution < 1.29 is 98.4 Å². The first-order valence-electron chi connectivity index (χ1n) is 40.8. The molecule has 0 aliphatic carbocycles. The quantitative estimate of drug-likeness (QED) is 0.0260. The van der Waals surface area contributed by atoms with E-state index in [4.69, 9.17) is 22.9 Å². The molecule has 0 spiro atoms. The number of carbonyl (C=O) groups excluding carboxylic acids is 4. The smallest absolute Gasteiger partial charge is 0.326 e. The van der Waals surface area contributed by atoms with Gasteiger partial charge in [-0.2, -0.15) is 0 Å². The van der Waals surface area contributed by atoms with Gasteiger partial charge in [0.25, 0.3) is 0 Å². The van der Waals surface area contributed by atoms with Crippen LogP contribution in [0.15, 0.2) is 121 Å². The highest BCUT2D eigenvalue weighted by atomic mass is 16.4. The zero-order chi connectivity index (χ0) is 84.9. The van der Waals surface area contributed by atoms with E-state index in [0.29, 0.717) is 206 Å². The Labute approximate surface area is 678 Å². The molecule has 32 nitrogen and oxygen atoms in total. The van der Waals surface area contributed by atoms with Crippen molar-refractivity contribution in [2.75, 3.05) is 52.4 Å². The van der Waals surface area contributed by atoms with Crippen molar-refractivity contribution in [3.05, 3.63) is 144 Å². The second-order valence-electron chi connectivity index (χ2n) is 29.8. The number of hydrogen-bond acceptors (Lipinski definition) is 20. The minimum absolute atomic E-state index is 0.335. The summed E-state index contributed by atoms with van der Waals surface area (Å²) in [5.41, 5.74) is 26.3. The minimum Gasteiger partial charge on any atom is -0.480 e. The molecule has 640 valence electrons. The number of carboxylic acid groups (broad SMARTS) is 8. The standard InChI is InChI=1S/4C21H31N3O5/c4*22-13-5-4-9-16(19(25)24-14-6-10-18(24)21(28)29)23-17(20(26)27)12-11-15-7-2-1-3-8-15/h4*1-3,7-8,16-18,23H,4-6,9-14,22H2,(H,26,27)(H,28,29)/t4*16-,17-,18-/m0000/s1. The predicted octanol–water partition coefficient (Wildman–Crippen LogP) is 4.94. The van der Waals surface area contributed by atoms with Crippen molar-refractivity contribution in [2.24, 2.45) is 22.9 Å². The fraction of sp³-hybridized carbons (Fsp3) is 0.571. The third kappa shape index (κ3) is 33.4. The molecule has 0 radical (unpaired) electrons. The fourth-order valence-corrected chi connectivity index (χ4v) is 14.9. The van der Waals surface area contributed by atoms with Crippen LogP contribution in [0.5, 0.6) is 0 Å². The lowest BCUT2D eigenvalue weighted by molar-refractivity contribution is -0.149. The molecule has 0 aromatic heterocycles. The molecule has 4 fully saturated rings. The molecule has 4 aliphatic heterocycles. The van der Waals surface area contributed by atoms with E-state index in [9.17, 15) is 98.4 Å². The number of benzene rings is 4. The van der Waals surface area contributed by atoms with Crippen LogP contribution in [0.3, 0.4) is 0 Å². The summed E-state index contributed by atoms with van der Waals surface area (Å²) >= 11 is 0. The number of aryl methyl sites for hydroxylation is 4. The Morgan fingerprint density at radius 3 is 0.612 bits per heavy atom. The Kier molecular flexibility index (Phi) is 44.6. The Morgan fingerprint density at radius 2 is 0.457 bits per heavy atom. The number of rotatable bonds is 48. The molecule has 116 heavy (non-hydrogen) atoms. The zero-order valence-corrected chi connectivity index (χ0v) is 66.5. The Bertz CT molecular complexity index is 3200. The van der Waals surface area contributed by atoms with Gasteiger partial charge < -0.3 is 83.4 Å². The summed E-state index contributed by atoms with van der Waals surface area (Å²) in [5, 5.41) is 88.1.